The molecule has 0 fully saturated rings. The molecular weight excluding hydrogens is 471 g/mol. The number of hydrogen-bond acceptors (Lipinski definition) is 5. The third-order valence-electron chi connectivity index (χ3n) is 4.59. The number of anilines is 1. The van der Waals surface area contributed by atoms with Crippen LogP contribution in [0.5, 0.6) is 5.75 Å². The maximum Gasteiger partial charge on any atom is 0.416 e. The van der Waals surface area contributed by atoms with E-state index in [9.17, 15) is 26.4 Å². The summed E-state index contributed by atoms with van der Waals surface area (Å²) in [6.07, 6.45) is -3.49. The number of halogens is 3. The number of hydrogen-bond donors (Lipinski definition) is 1. The first-order chi connectivity index (χ1) is 16.1. The first-order valence-corrected chi connectivity index (χ1v) is 11.3. The van der Waals surface area contributed by atoms with Gasteiger partial charge in [0.2, 0.25) is 0 Å². The molecule has 0 heterocycles. The topological polar surface area (TPSA) is 88.1 Å². The molecule has 0 aliphatic rings. The third kappa shape index (κ3) is 5.93. The molecule has 0 spiro atoms. The molecule has 0 aliphatic carbocycles. The number of para-hydroxylation sites is 2. The van der Waals surface area contributed by atoms with Crippen molar-refractivity contribution in [3.63, 3.8) is 0 Å². The minimum atomic E-state index is -4.52. The van der Waals surface area contributed by atoms with Gasteiger partial charge in [0.1, 0.15) is 12.3 Å². The second-order valence-corrected chi connectivity index (χ2v) is 8.78. The molecule has 7 nitrogen and oxygen atoms in total. The number of nitrogens with zero attached hydrogens (tertiary/aromatic N) is 2. The summed E-state index contributed by atoms with van der Waals surface area (Å²) >= 11 is 0. The number of carbonyl (C=O) groups is 1. The molecular formula is C23H20F3N3O4S. The van der Waals surface area contributed by atoms with Gasteiger partial charge in [-0.25, -0.2) is 13.8 Å². The van der Waals surface area contributed by atoms with Gasteiger partial charge in [-0.1, -0.05) is 42.5 Å². The van der Waals surface area contributed by atoms with Crippen LogP contribution in [0.25, 0.3) is 0 Å². The largest absolute Gasteiger partial charge is 0.495 e. The van der Waals surface area contributed by atoms with E-state index in [0.717, 1.165) is 22.7 Å². The Morgan fingerprint density at radius 1 is 1.03 bits per heavy atom. The van der Waals surface area contributed by atoms with Gasteiger partial charge in [-0.3, -0.25) is 9.10 Å². The monoisotopic (exact) mass is 491 g/mol. The number of nitrogens with one attached hydrogen (secondary N) is 1. The molecule has 0 unspecified atom stereocenters. The summed E-state index contributed by atoms with van der Waals surface area (Å²) in [4.78, 5) is 12.5. The van der Waals surface area contributed by atoms with E-state index in [1.807, 2.05) is 0 Å². The minimum Gasteiger partial charge on any atom is -0.495 e. The summed E-state index contributed by atoms with van der Waals surface area (Å²) in [5.41, 5.74) is 1.53. The van der Waals surface area contributed by atoms with Crippen molar-refractivity contribution in [2.24, 2.45) is 5.10 Å². The fraction of sp³-hybridized carbons (Fsp3) is 0.130. The zero-order chi connectivity index (χ0) is 24.8. The lowest BCUT2D eigenvalue weighted by Crippen LogP contribution is -2.39. The summed E-state index contributed by atoms with van der Waals surface area (Å²) in [7, 11) is -2.80. The Labute approximate surface area is 194 Å². The van der Waals surface area contributed by atoms with Gasteiger partial charge >= 0.3 is 6.18 Å². The second kappa shape index (κ2) is 10.4. The Bertz CT molecular complexity index is 1280. The van der Waals surface area contributed by atoms with Crippen LogP contribution in [0.3, 0.4) is 0 Å². The van der Waals surface area contributed by atoms with Gasteiger partial charge < -0.3 is 4.74 Å². The Balaban J connectivity index is 1.84. The van der Waals surface area contributed by atoms with Gasteiger partial charge in [0, 0.05) is 0 Å². The molecule has 0 radical (unpaired) electrons. The highest BCUT2D eigenvalue weighted by Gasteiger charge is 2.30. The van der Waals surface area contributed by atoms with Crippen molar-refractivity contribution in [2.75, 3.05) is 18.0 Å². The van der Waals surface area contributed by atoms with Crippen LogP contribution in [0.15, 0.2) is 88.9 Å². The summed E-state index contributed by atoms with van der Waals surface area (Å²) in [6, 6.07) is 18.2. The zero-order valence-corrected chi connectivity index (χ0v) is 18.7. The van der Waals surface area contributed by atoms with Crippen LogP contribution in [0.1, 0.15) is 11.1 Å². The van der Waals surface area contributed by atoms with Crippen molar-refractivity contribution in [1.82, 2.24) is 5.43 Å². The van der Waals surface area contributed by atoms with E-state index >= 15 is 0 Å². The Morgan fingerprint density at radius 3 is 2.38 bits per heavy atom. The van der Waals surface area contributed by atoms with E-state index in [2.05, 4.69) is 10.5 Å². The normalized spacial score (nSPS) is 11.9. The van der Waals surface area contributed by atoms with Gasteiger partial charge in [0.25, 0.3) is 15.9 Å². The van der Waals surface area contributed by atoms with Crippen molar-refractivity contribution in [2.45, 2.75) is 11.1 Å². The Morgan fingerprint density at radius 2 is 1.71 bits per heavy atom. The number of benzene rings is 3. The number of carbonyl (C=O) groups excluding carboxylic acids is 1. The van der Waals surface area contributed by atoms with Crippen LogP contribution in [0.2, 0.25) is 0 Å². The van der Waals surface area contributed by atoms with E-state index in [0.29, 0.717) is 0 Å². The summed E-state index contributed by atoms with van der Waals surface area (Å²) in [5.74, 6) is -0.587. The molecule has 11 heteroatoms. The van der Waals surface area contributed by atoms with Crippen LogP contribution in [-0.4, -0.2) is 34.2 Å². The predicted molar refractivity (Wildman–Crippen MR) is 121 cm³/mol. The first-order valence-electron chi connectivity index (χ1n) is 9.83. The van der Waals surface area contributed by atoms with E-state index < -0.39 is 34.2 Å². The number of alkyl halides is 3. The highest BCUT2D eigenvalue weighted by atomic mass is 32.2. The highest BCUT2D eigenvalue weighted by Crippen LogP contribution is 2.32. The molecule has 1 N–H and O–H groups in total. The van der Waals surface area contributed by atoms with Gasteiger partial charge in [-0.15, -0.1) is 0 Å². The van der Waals surface area contributed by atoms with Crippen LogP contribution in [0, 0.1) is 0 Å². The average molecular weight is 491 g/mol. The maximum absolute atomic E-state index is 13.3. The van der Waals surface area contributed by atoms with E-state index in [1.54, 1.807) is 36.4 Å². The van der Waals surface area contributed by atoms with Crippen molar-refractivity contribution >= 4 is 27.8 Å². The van der Waals surface area contributed by atoms with Crippen LogP contribution >= 0.6 is 0 Å². The smallest absolute Gasteiger partial charge is 0.416 e. The molecule has 0 bridgehead atoms. The van der Waals surface area contributed by atoms with E-state index in [1.165, 1.54) is 37.4 Å². The van der Waals surface area contributed by atoms with Crippen LogP contribution < -0.4 is 14.5 Å². The number of methoxy groups -OCH3 is 1. The lowest BCUT2D eigenvalue weighted by atomic mass is 10.1. The number of amides is 1. The summed E-state index contributed by atoms with van der Waals surface area (Å²) in [6.45, 7) is -0.655. The lowest BCUT2D eigenvalue weighted by molar-refractivity contribution is -0.137. The van der Waals surface area contributed by atoms with Crippen molar-refractivity contribution < 1.29 is 31.1 Å². The molecule has 0 saturated carbocycles. The van der Waals surface area contributed by atoms with Crippen molar-refractivity contribution in [3.05, 3.63) is 90.0 Å². The van der Waals surface area contributed by atoms with Gasteiger partial charge in [-0.05, 0) is 42.0 Å². The molecule has 34 heavy (non-hydrogen) atoms. The van der Waals surface area contributed by atoms with Gasteiger partial charge in [0.05, 0.1) is 29.5 Å². The number of ether oxygens (including phenoxy) is 1. The van der Waals surface area contributed by atoms with E-state index in [-0.39, 0.29) is 21.9 Å². The quantitative estimate of drug-likeness (QED) is 0.380. The molecule has 0 atom stereocenters. The Kier molecular flexibility index (Phi) is 7.57. The van der Waals surface area contributed by atoms with Crippen LogP contribution in [-0.2, 0) is 21.0 Å². The molecule has 3 aromatic carbocycles. The second-order valence-electron chi connectivity index (χ2n) is 6.91. The molecule has 0 aromatic heterocycles. The summed E-state index contributed by atoms with van der Waals surface area (Å²) < 4.78 is 71.3. The fourth-order valence-electron chi connectivity index (χ4n) is 3.00. The molecule has 3 aromatic rings. The third-order valence-corrected chi connectivity index (χ3v) is 6.36. The highest BCUT2D eigenvalue weighted by molar-refractivity contribution is 7.92. The van der Waals surface area contributed by atoms with Gasteiger partial charge in [-0.2, -0.15) is 18.3 Å². The fourth-order valence-corrected chi connectivity index (χ4v) is 4.45. The van der Waals surface area contributed by atoms with E-state index in [4.69, 9.17) is 4.74 Å². The van der Waals surface area contributed by atoms with Crippen LogP contribution in [0.4, 0.5) is 18.9 Å². The summed E-state index contributed by atoms with van der Waals surface area (Å²) in [5, 5.41) is 3.66. The zero-order valence-electron chi connectivity index (χ0n) is 17.9. The van der Waals surface area contributed by atoms with Gasteiger partial charge in [0.15, 0.2) is 0 Å². The molecule has 0 saturated heterocycles. The molecule has 0 aliphatic heterocycles. The average Bonchev–Trinajstić information content (AvgIpc) is 2.82. The maximum atomic E-state index is 13.3. The number of hydrazone groups is 1. The van der Waals surface area contributed by atoms with Crippen molar-refractivity contribution in [3.8, 4) is 5.75 Å². The number of sulfonamides is 1. The molecule has 178 valence electrons. The standard InChI is InChI=1S/C23H20F3N3O4S/c1-33-21-13-6-5-12-20(21)29(34(31,32)19-10-3-2-4-11-19)16-22(30)28-27-15-17-8-7-9-18(14-17)23(24,25)26/h2-15H,16H2,1H3,(H,28,30)/b27-15+. The molecule has 1 amide bonds. The van der Waals surface area contributed by atoms with Crippen molar-refractivity contribution in [1.29, 1.82) is 0 Å². The minimum absolute atomic E-state index is 0.0406. The number of rotatable bonds is 8. The predicted octanol–water partition coefficient (Wildman–Crippen LogP) is 4.06. The Hall–Kier alpha value is -3.86. The molecule has 3 rings (SSSR count). The SMILES string of the molecule is COc1ccccc1N(CC(=O)N/N=C/c1cccc(C(F)(F)F)c1)S(=O)(=O)c1ccccc1. The lowest BCUT2D eigenvalue weighted by Gasteiger charge is -2.25. The first kappa shape index (κ1) is 24.8.